The molecule has 0 fully saturated rings. The molecule has 1 heterocycles. The van der Waals surface area contributed by atoms with E-state index in [1.54, 1.807) is 42.5 Å². The van der Waals surface area contributed by atoms with E-state index >= 15 is 0 Å². The quantitative estimate of drug-likeness (QED) is 0.732. The van der Waals surface area contributed by atoms with Crippen molar-refractivity contribution in [3.63, 3.8) is 0 Å². The number of fused-ring (bicyclic) bond motifs is 1. The summed E-state index contributed by atoms with van der Waals surface area (Å²) in [5.41, 5.74) is 0.0970. The molecule has 0 aliphatic heterocycles. The molecule has 20 heavy (non-hydrogen) atoms. The highest BCUT2D eigenvalue weighted by Crippen LogP contribution is 2.15. The molecule has 0 amide bonds. The van der Waals surface area contributed by atoms with Crippen molar-refractivity contribution >= 4 is 38.4 Å². The molecule has 0 radical (unpaired) electrons. The minimum Gasteiger partial charge on any atom is -0.306 e. The second-order valence-electron chi connectivity index (χ2n) is 4.24. The van der Waals surface area contributed by atoms with Crippen molar-refractivity contribution in [2.24, 2.45) is 0 Å². The van der Waals surface area contributed by atoms with Crippen molar-refractivity contribution in [2.45, 2.75) is 0 Å². The predicted octanol–water partition coefficient (Wildman–Crippen LogP) is 3.09. The topological polar surface area (TPSA) is 54.9 Å². The van der Waals surface area contributed by atoms with Crippen LogP contribution in [-0.4, -0.2) is 9.55 Å². The Bertz CT molecular complexity index is 913. The van der Waals surface area contributed by atoms with Crippen molar-refractivity contribution in [2.75, 3.05) is 0 Å². The van der Waals surface area contributed by atoms with Gasteiger partial charge in [0.1, 0.15) is 0 Å². The number of halogens is 2. The molecular weight excluding hydrogens is 344 g/mol. The second-order valence-corrected chi connectivity index (χ2v) is 5.59. The first-order chi connectivity index (χ1) is 9.56. The number of hydrogen-bond acceptors (Lipinski definition) is 2. The van der Waals surface area contributed by atoms with Crippen molar-refractivity contribution < 1.29 is 0 Å². The molecular formula is C14H8BrClN2O2. The monoisotopic (exact) mass is 350 g/mol. The standard InChI is InChI=1S/C14H8BrClN2O2/c15-8-1-4-10(5-2-8)18-13(19)11-7-9(16)3-6-12(11)17-14(18)20/h1-7H,(H,17,20). The van der Waals surface area contributed by atoms with Crippen LogP contribution < -0.4 is 11.2 Å². The summed E-state index contributed by atoms with van der Waals surface area (Å²) in [5.74, 6) is 0. The lowest BCUT2D eigenvalue weighted by Gasteiger charge is -2.06. The Morgan fingerprint density at radius 1 is 1.05 bits per heavy atom. The van der Waals surface area contributed by atoms with Crippen LogP contribution in [-0.2, 0) is 0 Å². The number of aromatic nitrogens is 2. The minimum atomic E-state index is -0.479. The van der Waals surface area contributed by atoms with E-state index in [9.17, 15) is 9.59 Å². The van der Waals surface area contributed by atoms with E-state index in [1.807, 2.05) is 0 Å². The molecule has 0 saturated heterocycles. The number of rotatable bonds is 1. The number of hydrogen-bond donors (Lipinski definition) is 1. The van der Waals surface area contributed by atoms with E-state index in [-0.39, 0.29) is 0 Å². The number of aromatic amines is 1. The summed E-state index contributed by atoms with van der Waals surface area (Å²) in [6, 6.07) is 11.7. The number of nitrogens with one attached hydrogen (secondary N) is 1. The second kappa shape index (κ2) is 4.92. The zero-order valence-electron chi connectivity index (χ0n) is 10.1. The SMILES string of the molecule is O=c1[nH]c2ccc(Cl)cc2c(=O)n1-c1ccc(Br)cc1. The van der Waals surface area contributed by atoms with Gasteiger partial charge in [-0.2, -0.15) is 0 Å². The summed E-state index contributed by atoms with van der Waals surface area (Å²) in [5, 5.41) is 0.823. The van der Waals surface area contributed by atoms with E-state index in [1.165, 1.54) is 0 Å². The van der Waals surface area contributed by atoms with E-state index in [0.29, 0.717) is 21.6 Å². The Morgan fingerprint density at radius 3 is 2.45 bits per heavy atom. The van der Waals surface area contributed by atoms with Gasteiger partial charge in [0.05, 0.1) is 16.6 Å². The molecule has 0 saturated carbocycles. The number of nitrogens with zero attached hydrogens (tertiary/aromatic N) is 1. The van der Waals surface area contributed by atoms with Crippen molar-refractivity contribution in [3.05, 3.63) is 72.8 Å². The normalized spacial score (nSPS) is 10.9. The fraction of sp³-hybridized carbons (Fsp3) is 0. The van der Waals surface area contributed by atoms with Crippen LogP contribution in [0.15, 0.2) is 56.5 Å². The Kier molecular flexibility index (Phi) is 3.23. The summed E-state index contributed by atoms with van der Waals surface area (Å²) in [4.78, 5) is 27.2. The fourth-order valence-electron chi connectivity index (χ4n) is 2.01. The maximum absolute atomic E-state index is 12.5. The van der Waals surface area contributed by atoms with Crippen LogP contribution in [0.5, 0.6) is 0 Å². The first-order valence-corrected chi connectivity index (χ1v) is 6.94. The zero-order valence-corrected chi connectivity index (χ0v) is 12.4. The summed E-state index contributed by atoms with van der Waals surface area (Å²) in [7, 11) is 0. The van der Waals surface area contributed by atoms with Gasteiger partial charge in [0.2, 0.25) is 0 Å². The molecule has 1 aromatic heterocycles. The molecule has 3 aromatic rings. The predicted molar refractivity (Wildman–Crippen MR) is 82.9 cm³/mol. The Balaban J connectivity index is 2.39. The fourth-order valence-corrected chi connectivity index (χ4v) is 2.45. The van der Waals surface area contributed by atoms with E-state index < -0.39 is 11.2 Å². The van der Waals surface area contributed by atoms with Gasteiger partial charge in [-0.25, -0.2) is 9.36 Å². The number of H-pyrrole nitrogens is 1. The summed E-state index contributed by atoms with van der Waals surface area (Å²) in [6.45, 7) is 0. The molecule has 1 N–H and O–H groups in total. The van der Waals surface area contributed by atoms with Gasteiger partial charge in [0, 0.05) is 9.50 Å². The smallest absolute Gasteiger partial charge is 0.306 e. The highest BCUT2D eigenvalue weighted by molar-refractivity contribution is 9.10. The average Bonchev–Trinajstić information content (AvgIpc) is 2.42. The minimum absolute atomic E-state index is 0.375. The Morgan fingerprint density at radius 2 is 1.75 bits per heavy atom. The maximum atomic E-state index is 12.5. The molecule has 3 rings (SSSR count). The van der Waals surface area contributed by atoms with Crippen LogP contribution in [0.4, 0.5) is 0 Å². The van der Waals surface area contributed by atoms with E-state index in [4.69, 9.17) is 11.6 Å². The van der Waals surface area contributed by atoms with Gasteiger partial charge in [-0.3, -0.25) is 4.79 Å². The highest BCUT2D eigenvalue weighted by atomic mass is 79.9. The molecule has 0 unspecified atom stereocenters. The van der Waals surface area contributed by atoms with E-state index in [0.717, 1.165) is 9.04 Å². The largest absolute Gasteiger partial charge is 0.333 e. The molecule has 0 aliphatic carbocycles. The third-order valence-corrected chi connectivity index (χ3v) is 3.71. The van der Waals surface area contributed by atoms with Crippen LogP contribution in [0.25, 0.3) is 16.6 Å². The number of benzene rings is 2. The third-order valence-electron chi connectivity index (χ3n) is 2.94. The van der Waals surface area contributed by atoms with Gasteiger partial charge in [-0.15, -0.1) is 0 Å². The summed E-state index contributed by atoms with van der Waals surface area (Å²) < 4.78 is 1.96. The molecule has 4 nitrogen and oxygen atoms in total. The molecule has 2 aromatic carbocycles. The lowest BCUT2D eigenvalue weighted by Crippen LogP contribution is -2.33. The zero-order chi connectivity index (χ0) is 14.3. The van der Waals surface area contributed by atoms with Gasteiger partial charge < -0.3 is 4.98 Å². The van der Waals surface area contributed by atoms with Gasteiger partial charge >= 0.3 is 5.69 Å². The van der Waals surface area contributed by atoms with E-state index in [2.05, 4.69) is 20.9 Å². The third kappa shape index (κ3) is 2.19. The van der Waals surface area contributed by atoms with Crippen molar-refractivity contribution in [3.8, 4) is 5.69 Å². The summed E-state index contributed by atoms with van der Waals surface area (Å²) in [6.07, 6.45) is 0. The average molecular weight is 352 g/mol. The Labute approximate surface area is 126 Å². The van der Waals surface area contributed by atoms with Gasteiger partial charge in [-0.05, 0) is 42.5 Å². The first kappa shape index (κ1) is 13.1. The van der Waals surface area contributed by atoms with Crippen molar-refractivity contribution in [1.29, 1.82) is 0 Å². The van der Waals surface area contributed by atoms with Gasteiger partial charge in [0.15, 0.2) is 0 Å². The van der Waals surface area contributed by atoms with Crippen LogP contribution >= 0.6 is 27.5 Å². The highest BCUT2D eigenvalue weighted by Gasteiger charge is 2.09. The molecule has 0 bridgehead atoms. The van der Waals surface area contributed by atoms with Gasteiger partial charge in [-0.1, -0.05) is 27.5 Å². The Hall–Kier alpha value is -1.85. The molecule has 0 spiro atoms. The summed E-state index contributed by atoms with van der Waals surface area (Å²) >= 11 is 9.22. The molecule has 6 heteroatoms. The maximum Gasteiger partial charge on any atom is 0.333 e. The van der Waals surface area contributed by atoms with Crippen molar-refractivity contribution in [1.82, 2.24) is 9.55 Å². The van der Waals surface area contributed by atoms with Crippen LogP contribution in [0.1, 0.15) is 0 Å². The molecule has 100 valence electrons. The lowest BCUT2D eigenvalue weighted by atomic mass is 10.2. The van der Waals surface area contributed by atoms with Crippen LogP contribution in [0, 0.1) is 0 Å². The molecule has 0 aliphatic rings. The first-order valence-electron chi connectivity index (χ1n) is 5.77. The van der Waals surface area contributed by atoms with Crippen LogP contribution in [0.2, 0.25) is 5.02 Å². The molecule has 0 atom stereocenters. The van der Waals surface area contributed by atoms with Gasteiger partial charge in [0.25, 0.3) is 5.56 Å². The lowest BCUT2D eigenvalue weighted by molar-refractivity contribution is 0.901. The van der Waals surface area contributed by atoms with Crippen LogP contribution in [0.3, 0.4) is 0 Å².